The number of anilines is 1. The van der Waals surface area contributed by atoms with Crippen LogP contribution in [0.4, 0.5) is 5.69 Å². The molecule has 170 valence electrons. The summed E-state index contributed by atoms with van der Waals surface area (Å²) in [4.78, 5) is 12.6. The lowest BCUT2D eigenvalue weighted by atomic mass is 10.1. The average Bonchev–Trinajstić information content (AvgIpc) is 3.45. The van der Waals surface area contributed by atoms with Gasteiger partial charge in [0.25, 0.3) is 0 Å². The second kappa shape index (κ2) is 10.4. The van der Waals surface area contributed by atoms with Gasteiger partial charge in [0.15, 0.2) is 11.0 Å². The summed E-state index contributed by atoms with van der Waals surface area (Å²) >= 11 is 1.33. The van der Waals surface area contributed by atoms with Gasteiger partial charge in [-0.1, -0.05) is 47.7 Å². The van der Waals surface area contributed by atoms with Crippen molar-refractivity contribution < 1.29 is 13.9 Å². The Labute approximate surface area is 197 Å². The highest BCUT2D eigenvalue weighted by molar-refractivity contribution is 7.99. The van der Waals surface area contributed by atoms with E-state index in [4.69, 9.17) is 9.15 Å². The molecule has 0 saturated carbocycles. The number of furan rings is 1. The van der Waals surface area contributed by atoms with E-state index >= 15 is 0 Å². The van der Waals surface area contributed by atoms with Gasteiger partial charge in [0.2, 0.25) is 5.91 Å². The van der Waals surface area contributed by atoms with E-state index in [0.29, 0.717) is 17.5 Å². The average molecular weight is 463 g/mol. The molecule has 7 nitrogen and oxygen atoms in total. The number of aromatic nitrogens is 3. The number of hydrogen-bond donors (Lipinski definition) is 1. The van der Waals surface area contributed by atoms with E-state index in [-0.39, 0.29) is 18.3 Å². The molecule has 1 amide bonds. The molecule has 4 rings (SSSR count). The van der Waals surface area contributed by atoms with Crippen LogP contribution in [0.1, 0.15) is 28.3 Å². The molecule has 2 aromatic heterocycles. The first-order valence-corrected chi connectivity index (χ1v) is 11.6. The van der Waals surface area contributed by atoms with Crippen LogP contribution in [0.5, 0.6) is 5.75 Å². The number of aryl methyl sites for hydroxylation is 3. The lowest BCUT2D eigenvalue weighted by Gasteiger charge is -2.12. The van der Waals surface area contributed by atoms with Crippen molar-refractivity contribution in [1.82, 2.24) is 14.8 Å². The van der Waals surface area contributed by atoms with Gasteiger partial charge in [0.05, 0.1) is 18.6 Å². The molecule has 2 heterocycles. The smallest absolute Gasteiger partial charge is 0.234 e. The molecule has 2 aromatic carbocycles. The summed E-state index contributed by atoms with van der Waals surface area (Å²) < 4.78 is 13.3. The molecule has 33 heavy (non-hydrogen) atoms. The third kappa shape index (κ3) is 5.84. The topological polar surface area (TPSA) is 82.2 Å². The molecule has 0 atom stereocenters. The van der Waals surface area contributed by atoms with Crippen LogP contribution in [0.2, 0.25) is 0 Å². The van der Waals surface area contributed by atoms with Gasteiger partial charge in [-0.15, -0.1) is 10.2 Å². The molecule has 0 unspecified atom stereocenters. The minimum absolute atomic E-state index is 0.0950. The Morgan fingerprint density at radius 2 is 1.79 bits per heavy atom. The molecular formula is C25H26N4O3S. The summed E-state index contributed by atoms with van der Waals surface area (Å²) in [6.07, 6.45) is 1.63. The van der Waals surface area contributed by atoms with Crippen molar-refractivity contribution in [2.24, 2.45) is 0 Å². The Kier molecular flexibility index (Phi) is 7.14. The van der Waals surface area contributed by atoms with Crippen LogP contribution in [0, 0.1) is 20.8 Å². The van der Waals surface area contributed by atoms with Gasteiger partial charge < -0.3 is 14.5 Å². The van der Waals surface area contributed by atoms with Crippen molar-refractivity contribution in [2.75, 3.05) is 11.1 Å². The molecule has 0 saturated heterocycles. The summed E-state index contributed by atoms with van der Waals surface area (Å²) in [5, 5.41) is 12.3. The summed E-state index contributed by atoms with van der Waals surface area (Å²) in [6, 6.07) is 17.5. The molecule has 1 N–H and O–H groups in total. The number of benzene rings is 2. The Balaban J connectivity index is 1.46. The van der Waals surface area contributed by atoms with E-state index in [1.807, 2.05) is 79.9 Å². The Morgan fingerprint density at radius 3 is 2.48 bits per heavy atom. The Morgan fingerprint density at radius 1 is 1.03 bits per heavy atom. The first-order valence-electron chi connectivity index (χ1n) is 10.6. The highest BCUT2D eigenvalue weighted by Gasteiger charge is 2.17. The quantitative estimate of drug-likeness (QED) is 0.346. The molecule has 0 fully saturated rings. The molecule has 4 aromatic rings. The predicted octanol–water partition coefficient (Wildman–Crippen LogP) is 5.15. The minimum Gasteiger partial charge on any atom is -0.486 e. The fraction of sp³-hybridized carbons (Fsp3) is 0.240. The lowest BCUT2D eigenvalue weighted by molar-refractivity contribution is -0.113. The first-order chi connectivity index (χ1) is 16.0. The number of amides is 1. The summed E-state index contributed by atoms with van der Waals surface area (Å²) in [6.45, 7) is 6.70. The summed E-state index contributed by atoms with van der Waals surface area (Å²) in [5.74, 6) is 2.30. The zero-order valence-corrected chi connectivity index (χ0v) is 19.7. The highest BCUT2D eigenvalue weighted by Crippen LogP contribution is 2.23. The molecule has 8 heteroatoms. The predicted molar refractivity (Wildman–Crippen MR) is 129 cm³/mol. The number of para-hydroxylation sites is 1. The van der Waals surface area contributed by atoms with Crippen LogP contribution < -0.4 is 10.1 Å². The van der Waals surface area contributed by atoms with Crippen LogP contribution in [-0.2, 0) is 17.9 Å². The van der Waals surface area contributed by atoms with Gasteiger partial charge in [0.1, 0.15) is 18.1 Å². The van der Waals surface area contributed by atoms with Crippen LogP contribution in [-0.4, -0.2) is 26.4 Å². The normalized spacial score (nSPS) is 10.9. The van der Waals surface area contributed by atoms with E-state index in [0.717, 1.165) is 28.3 Å². The Hall–Kier alpha value is -3.52. The summed E-state index contributed by atoms with van der Waals surface area (Å²) in [7, 11) is 0. The van der Waals surface area contributed by atoms with Gasteiger partial charge in [-0.05, 0) is 56.2 Å². The SMILES string of the molecule is Cc1ccc(OCc2nnc(SCC(=O)Nc3c(C)cccc3C)n2Cc2ccco2)cc1. The zero-order valence-electron chi connectivity index (χ0n) is 18.9. The number of carbonyl (C=O) groups is 1. The number of carbonyl (C=O) groups excluding carboxylic acids is 1. The van der Waals surface area contributed by atoms with Crippen molar-refractivity contribution in [2.45, 2.75) is 39.1 Å². The van der Waals surface area contributed by atoms with Crippen molar-refractivity contribution in [1.29, 1.82) is 0 Å². The van der Waals surface area contributed by atoms with E-state index in [9.17, 15) is 4.79 Å². The van der Waals surface area contributed by atoms with Crippen LogP contribution >= 0.6 is 11.8 Å². The third-order valence-electron chi connectivity index (χ3n) is 5.15. The molecule has 0 radical (unpaired) electrons. The number of rotatable bonds is 9. The van der Waals surface area contributed by atoms with Crippen molar-refractivity contribution >= 4 is 23.4 Å². The second-order valence-electron chi connectivity index (χ2n) is 7.77. The maximum atomic E-state index is 12.6. The maximum Gasteiger partial charge on any atom is 0.234 e. The number of ether oxygens (including phenoxy) is 1. The molecule has 0 spiro atoms. The molecule has 0 aliphatic carbocycles. The van der Waals surface area contributed by atoms with E-state index in [2.05, 4.69) is 15.5 Å². The minimum atomic E-state index is -0.0950. The van der Waals surface area contributed by atoms with Crippen LogP contribution in [0.3, 0.4) is 0 Å². The van der Waals surface area contributed by atoms with E-state index < -0.39 is 0 Å². The highest BCUT2D eigenvalue weighted by atomic mass is 32.2. The monoisotopic (exact) mass is 462 g/mol. The Bertz CT molecular complexity index is 1200. The maximum absolute atomic E-state index is 12.6. The standard InChI is InChI=1S/C25H26N4O3S/c1-17-9-11-20(12-10-17)32-15-22-27-28-25(29(22)14-21-8-5-13-31-21)33-16-23(30)26-24-18(2)6-4-7-19(24)3/h4-13H,14-16H2,1-3H3,(H,26,30). The third-order valence-corrected chi connectivity index (χ3v) is 6.12. The van der Waals surface area contributed by atoms with Gasteiger partial charge >= 0.3 is 0 Å². The van der Waals surface area contributed by atoms with Gasteiger partial charge in [-0.3, -0.25) is 9.36 Å². The van der Waals surface area contributed by atoms with Crippen molar-refractivity contribution in [3.63, 3.8) is 0 Å². The number of hydrogen-bond acceptors (Lipinski definition) is 6. The number of nitrogens with zero attached hydrogens (tertiary/aromatic N) is 3. The molecular weight excluding hydrogens is 436 g/mol. The van der Waals surface area contributed by atoms with Gasteiger partial charge in [-0.2, -0.15) is 0 Å². The van der Waals surface area contributed by atoms with Gasteiger partial charge in [0, 0.05) is 5.69 Å². The second-order valence-corrected chi connectivity index (χ2v) is 8.71. The first kappa shape index (κ1) is 22.7. The summed E-state index contributed by atoms with van der Waals surface area (Å²) in [5.41, 5.74) is 4.09. The fourth-order valence-electron chi connectivity index (χ4n) is 3.35. The van der Waals surface area contributed by atoms with Crippen LogP contribution in [0.25, 0.3) is 0 Å². The number of nitrogens with one attached hydrogen (secondary N) is 1. The van der Waals surface area contributed by atoms with Gasteiger partial charge in [-0.25, -0.2) is 0 Å². The molecule has 0 bridgehead atoms. The van der Waals surface area contributed by atoms with E-state index in [1.54, 1.807) is 6.26 Å². The van der Waals surface area contributed by atoms with Crippen molar-refractivity contribution in [3.8, 4) is 5.75 Å². The lowest BCUT2D eigenvalue weighted by Crippen LogP contribution is -2.16. The zero-order chi connectivity index (χ0) is 23.2. The largest absolute Gasteiger partial charge is 0.486 e. The van der Waals surface area contributed by atoms with E-state index in [1.165, 1.54) is 17.3 Å². The van der Waals surface area contributed by atoms with Crippen molar-refractivity contribution in [3.05, 3.63) is 89.1 Å². The number of thioether (sulfide) groups is 1. The fourth-order valence-corrected chi connectivity index (χ4v) is 4.11. The van der Waals surface area contributed by atoms with Crippen LogP contribution in [0.15, 0.2) is 70.4 Å². The molecule has 0 aliphatic rings. The molecule has 0 aliphatic heterocycles.